The van der Waals surface area contributed by atoms with Gasteiger partial charge in [-0.05, 0) is 44.4 Å². The maximum Gasteiger partial charge on any atom is 0.320 e. The minimum atomic E-state index is 0.161. The molecule has 0 unspecified atom stereocenters. The summed E-state index contributed by atoms with van der Waals surface area (Å²) >= 11 is 0. The molecule has 1 aliphatic rings. The zero-order valence-corrected chi connectivity index (χ0v) is 13.2. The van der Waals surface area contributed by atoms with E-state index in [-0.39, 0.29) is 12.1 Å². The SMILES string of the molecule is CC(C)N(Cc1cccc(N)c1)C(=O)N1CCCCCC1. The number of hydrogen-bond donors (Lipinski definition) is 1. The van der Waals surface area contributed by atoms with E-state index in [4.69, 9.17) is 5.73 Å². The van der Waals surface area contributed by atoms with E-state index in [1.807, 2.05) is 34.1 Å². The van der Waals surface area contributed by atoms with Crippen LogP contribution in [0.3, 0.4) is 0 Å². The number of carbonyl (C=O) groups excluding carboxylic acids is 1. The highest BCUT2D eigenvalue weighted by Crippen LogP contribution is 2.17. The molecule has 1 aromatic carbocycles. The van der Waals surface area contributed by atoms with Crippen molar-refractivity contribution in [2.24, 2.45) is 0 Å². The standard InChI is InChI=1S/C17H27N3O/c1-14(2)20(13-15-8-7-9-16(18)12-15)17(21)19-10-5-3-4-6-11-19/h7-9,12,14H,3-6,10-11,13,18H2,1-2H3. The van der Waals surface area contributed by atoms with Gasteiger partial charge >= 0.3 is 6.03 Å². The highest BCUT2D eigenvalue weighted by atomic mass is 16.2. The van der Waals surface area contributed by atoms with E-state index in [2.05, 4.69) is 13.8 Å². The highest BCUT2D eigenvalue weighted by molar-refractivity contribution is 5.74. The van der Waals surface area contributed by atoms with Crippen LogP contribution in [0.2, 0.25) is 0 Å². The lowest BCUT2D eigenvalue weighted by molar-refractivity contribution is 0.138. The third-order valence-electron chi connectivity index (χ3n) is 4.05. The Morgan fingerprint density at radius 3 is 2.48 bits per heavy atom. The average molecular weight is 289 g/mol. The predicted octanol–water partition coefficient (Wildman–Crippen LogP) is 3.48. The van der Waals surface area contributed by atoms with Crippen LogP contribution in [0.4, 0.5) is 10.5 Å². The normalized spacial score (nSPS) is 15.9. The van der Waals surface area contributed by atoms with Crippen LogP contribution in [0.25, 0.3) is 0 Å². The molecule has 2 N–H and O–H groups in total. The molecule has 0 bridgehead atoms. The van der Waals surface area contributed by atoms with Crippen molar-refractivity contribution >= 4 is 11.7 Å². The van der Waals surface area contributed by atoms with Gasteiger partial charge in [0.1, 0.15) is 0 Å². The van der Waals surface area contributed by atoms with Gasteiger partial charge in [-0.3, -0.25) is 0 Å². The van der Waals surface area contributed by atoms with Crippen molar-refractivity contribution in [1.29, 1.82) is 0 Å². The number of nitrogens with zero attached hydrogens (tertiary/aromatic N) is 2. The lowest BCUT2D eigenvalue weighted by Gasteiger charge is -2.33. The molecule has 1 fully saturated rings. The zero-order valence-electron chi connectivity index (χ0n) is 13.2. The molecule has 0 aliphatic carbocycles. The fourth-order valence-electron chi connectivity index (χ4n) is 2.80. The van der Waals surface area contributed by atoms with Gasteiger partial charge in [0.15, 0.2) is 0 Å². The molecule has 0 aromatic heterocycles. The summed E-state index contributed by atoms with van der Waals surface area (Å²) in [5.41, 5.74) is 7.67. The lowest BCUT2D eigenvalue weighted by Crippen LogP contribution is -2.46. The first-order chi connectivity index (χ1) is 10.1. The Bertz CT molecular complexity index is 465. The van der Waals surface area contributed by atoms with Crippen LogP contribution < -0.4 is 5.73 Å². The highest BCUT2D eigenvalue weighted by Gasteiger charge is 2.24. The van der Waals surface area contributed by atoms with Crippen LogP contribution in [0.1, 0.15) is 45.1 Å². The second-order valence-electron chi connectivity index (χ2n) is 6.15. The second kappa shape index (κ2) is 7.34. The molecule has 1 heterocycles. The number of nitrogens with two attached hydrogens (primary N) is 1. The maximum absolute atomic E-state index is 12.8. The van der Waals surface area contributed by atoms with E-state index >= 15 is 0 Å². The fraction of sp³-hybridized carbons (Fsp3) is 0.588. The largest absolute Gasteiger partial charge is 0.399 e. The molecule has 0 atom stereocenters. The predicted molar refractivity (Wildman–Crippen MR) is 87.0 cm³/mol. The number of likely N-dealkylation sites (tertiary alicyclic amines) is 1. The van der Waals surface area contributed by atoms with Gasteiger partial charge in [-0.25, -0.2) is 4.79 Å². The van der Waals surface area contributed by atoms with Crippen molar-refractivity contribution in [1.82, 2.24) is 9.80 Å². The van der Waals surface area contributed by atoms with E-state index in [9.17, 15) is 4.79 Å². The van der Waals surface area contributed by atoms with Gasteiger partial charge in [0, 0.05) is 31.4 Å². The van der Waals surface area contributed by atoms with E-state index in [1.54, 1.807) is 0 Å². The van der Waals surface area contributed by atoms with E-state index < -0.39 is 0 Å². The molecule has 116 valence electrons. The minimum Gasteiger partial charge on any atom is -0.399 e. The summed E-state index contributed by atoms with van der Waals surface area (Å²) in [6.45, 7) is 6.54. The molecule has 0 spiro atoms. The smallest absolute Gasteiger partial charge is 0.320 e. The first-order valence-corrected chi connectivity index (χ1v) is 7.98. The lowest BCUT2D eigenvalue weighted by atomic mass is 10.1. The topological polar surface area (TPSA) is 49.6 Å². The zero-order chi connectivity index (χ0) is 15.2. The van der Waals surface area contributed by atoms with Gasteiger partial charge in [-0.15, -0.1) is 0 Å². The van der Waals surface area contributed by atoms with E-state index in [1.165, 1.54) is 12.8 Å². The van der Waals surface area contributed by atoms with Gasteiger partial charge in [-0.1, -0.05) is 25.0 Å². The summed E-state index contributed by atoms with van der Waals surface area (Å²) in [7, 11) is 0. The van der Waals surface area contributed by atoms with Crippen LogP contribution in [0.15, 0.2) is 24.3 Å². The number of nitrogen functional groups attached to an aromatic ring is 1. The monoisotopic (exact) mass is 289 g/mol. The van der Waals surface area contributed by atoms with Crippen LogP contribution in [-0.4, -0.2) is 35.0 Å². The summed E-state index contributed by atoms with van der Waals surface area (Å²) in [6.07, 6.45) is 4.72. The molecule has 21 heavy (non-hydrogen) atoms. The summed E-state index contributed by atoms with van der Waals surface area (Å²) < 4.78 is 0. The number of hydrogen-bond acceptors (Lipinski definition) is 2. The summed E-state index contributed by atoms with van der Waals surface area (Å²) in [5.74, 6) is 0. The number of rotatable bonds is 3. The van der Waals surface area contributed by atoms with Gasteiger partial charge in [0.05, 0.1) is 0 Å². The third-order valence-corrected chi connectivity index (χ3v) is 4.05. The Labute approximate surface area is 127 Å². The van der Waals surface area contributed by atoms with E-state index in [0.29, 0.717) is 6.54 Å². The molecule has 2 amide bonds. The van der Waals surface area contributed by atoms with Gasteiger partial charge in [-0.2, -0.15) is 0 Å². The summed E-state index contributed by atoms with van der Waals surface area (Å²) in [5, 5.41) is 0. The number of anilines is 1. The van der Waals surface area contributed by atoms with Gasteiger partial charge < -0.3 is 15.5 Å². The third kappa shape index (κ3) is 4.38. The average Bonchev–Trinajstić information content (AvgIpc) is 2.73. The van der Waals surface area contributed by atoms with Crippen LogP contribution >= 0.6 is 0 Å². The van der Waals surface area contributed by atoms with Crippen LogP contribution in [-0.2, 0) is 6.54 Å². The minimum absolute atomic E-state index is 0.161. The molecule has 1 aromatic rings. The summed E-state index contributed by atoms with van der Waals surface area (Å²) in [4.78, 5) is 16.8. The van der Waals surface area contributed by atoms with Crippen molar-refractivity contribution in [2.75, 3.05) is 18.8 Å². The Kier molecular flexibility index (Phi) is 5.48. The van der Waals surface area contributed by atoms with Crippen molar-refractivity contribution in [3.63, 3.8) is 0 Å². The Balaban J connectivity index is 2.08. The molecule has 1 saturated heterocycles. The molecular weight excluding hydrogens is 262 g/mol. The molecular formula is C17H27N3O. The molecule has 1 aliphatic heterocycles. The van der Waals surface area contributed by atoms with Crippen molar-refractivity contribution in [3.8, 4) is 0 Å². The molecule has 4 heteroatoms. The Morgan fingerprint density at radius 1 is 1.24 bits per heavy atom. The van der Waals surface area contributed by atoms with Gasteiger partial charge in [0.25, 0.3) is 0 Å². The maximum atomic E-state index is 12.8. The number of amides is 2. The van der Waals surface area contributed by atoms with Crippen LogP contribution in [0.5, 0.6) is 0 Å². The number of urea groups is 1. The molecule has 0 radical (unpaired) electrons. The Hall–Kier alpha value is -1.71. The fourth-order valence-corrected chi connectivity index (χ4v) is 2.80. The van der Waals surface area contributed by atoms with Crippen molar-refractivity contribution in [2.45, 2.75) is 52.1 Å². The van der Waals surface area contributed by atoms with Crippen molar-refractivity contribution in [3.05, 3.63) is 29.8 Å². The van der Waals surface area contributed by atoms with Crippen LogP contribution in [0, 0.1) is 0 Å². The van der Waals surface area contributed by atoms with Gasteiger partial charge in [0.2, 0.25) is 0 Å². The first kappa shape index (κ1) is 15.7. The summed E-state index contributed by atoms with van der Waals surface area (Å²) in [6, 6.07) is 8.14. The first-order valence-electron chi connectivity index (χ1n) is 7.98. The second-order valence-corrected chi connectivity index (χ2v) is 6.15. The molecule has 4 nitrogen and oxygen atoms in total. The quantitative estimate of drug-likeness (QED) is 0.866. The number of carbonyl (C=O) groups is 1. The molecule has 0 saturated carbocycles. The Morgan fingerprint density at radius 2 is 1.90 bits per heavy atom. The van der Waals surface area contributed by atoms with Crippen molar-refractivity contribution < 1.29 is 4.79 Å². The van der Waals surface area contributed by atoms with E-state index in [0.717, 1.165) is 37.2 Å². The molecule has 2 rings (SSSR count). The number of benzene rings is 1.